The number of thiocarbonyl (C=S) groups is 1. The summed E-state index contributed by atoms with van der Waals surface area (Å²) in [6, 6.07) is 7.17. The van der Waals surface area contributed by atoms with Gasteiger partial charge in [0.15, 0.2) is 5.11 Å². The van der Waals surface area contributed by atoms with Crippen molar-refractivity contribution >= 4 is 34.8 Å². The standard InChI is InChI=1S/C13H17N3O4S/c1-4-19-20-9(2)14-10-7-5-6-8-11(10)15-12(21)16-13(17)18-3/h5-8,14H,2,4H2,1,3H3,(H2,15,16,17,21). The topological polar surface area (TPSA) is 80.9 Å². The van der Waals surface area contributed by atoms with E-state index in [9.17, 15) is 4.79 Å². The molecular formula is C13H17N3O4S. The Balaban J connectivity index is 2.68. The van der Waals surface area contributed by atoms with E-state index in [1.165, 1.54) is 7.11 Å². The van der Waals surface area contributed by atoms with Gasteiger partial charge in [-0.15, -0.1) is 0 Å². The van der Waals surface area contributed by atoms with Gasteiger partial charge >= 0.3 is 6.09 Å². The third kappa shape index (κ3) is 6.11. The van der Waals surface area contributed by atoms with E-state index < -0.39 is 6.09 Å². The molecule has 0 atom stereocenters. The molecule has 3 N–H and O–H groups in total. The summed E-state index contributed by atoms with van der Waals surface area (Å²) in [5.74, 6) is 0.220. The summed E-state index contributed by atoms with van der Waals surface area (Å²) in [6.07, 6.45) is -0.651. The lowest BCUT2D eigenvalue weighted by atomic mass is 10.2. The van der Waals surface area contributed by atoms with Gasteiger partial charge in [-0.1, -0.05) is 12.1 Å². The number of anilines is 2. The zero-order chi connectivity index (χ0) is 15.7. The van der Waals surface area contributed by atoms with Gasteiger partial charge < -0.3 is 20.3 Å². The Morgan fingerprint density at radius 1 is 1.29 bits per heavy atom. The Bertz CT molecular complexity index is 522. The Hall–Kier alpha value is -2.32. The van der Waals surface area contributed by atoms with Crippen LogP contribution >= 0.6 is 12.2 Å². The second-order valence-electron chi connectivity index (χ2n) is 3.65. The van der Waals surface area contributed by atoms with Crippen molar-refractivity contribution in [1.29, 1.82) is 0 Å². The molecule has 0 heterocycles. The average Bonchev–Trinajstić information content (AvgIpc) is 2.46. The van der Waals surface area contributed by atoms with E-state index in [-0.39, 0.29) is 11.0 Å². The van der Waals surface area contributed by atoms with E-state index >= 15 is 0 Å². The second kappa shape index (κ2) is 8.77. The molecule has 8 heteroatoms. The van der Waals surface area contributed by atoms with Gasteiger partial charge in [0.1, 0.15) is 0 Å². The van der Waals surface area contributed by atoms with Crippen molar-refractivity contribution in [2.24, 2.45) is 0 Å². The van der Waals surface area contributed by atoms with E-state index in [1.807, 2.05) is 6.07 Å². The summed E-state index contributed by atoms with van der Waals surface area (Å²) in [5.41, 5.74) is 1.27. The molecule has 0 radical (unpaired) electrons. The SMILES string of the molecule is C=C(Nc1ccccc1NC(=S)NC(=O)OC)OOCC. The lowest BCUT2D eigenvalue weighted by Crippen LogP contribution is -2.34. The normalized spacial score (nSPS) is 9.43. The number of methoxy groups -OCH3 is 1. The Labute approximate surface area is 128 Å². The summed E-state index contributed by atoms with van der Waals surface area (Å²) in [5, 5.41) is 8.22. The summed E-state index contributed by atoms with van der Waals surface area (Å²) in [7, 11) is 1.25. The Morgan fingerprint density at radius 2 is 1.90 bits per heavy atom. The van der Waals surface area contributed by atoms with Gasteiger partial charge in [-0.3, -0.25) is 5.32 Å². The molecule has 0 saturated carbocycles. The van der Waals surface area contributed by atoms with Gasteiger partial charge in [-0.2, -0.15) is 4.89 Å². The second-order valence-corrected chi connectivity index (χ2v) is 4.06. The van der Waals surface area contributed by atoms with Crippen molar-refractivity contribution in [3.8, 4) is 0 Å². The number of ether oxygens (including phenoxy) is 1. The summed E-state index contributed by atoms with van der Waals surface area (Å²) in [4.78, 5) is 20.7. The van der Waals surface area contributed by atoms with Crippen molar-refractivity contribution in [2.45, 2.75) is 6.92 Å². The van der Waals surface area contributed by atoms with Crippen LogP contribution in [0.5, 0.6) is 0 Å². The molecule has 7 nitrogen and oxygen atoms in total. The minimum Gasteiger partial charge on any atom is -0.453 e. The molecule has 0 aliphatic heterocycles. The summed E-state index contributed by atoms with van der Waals surface area (Å²) in [6.45, 7) is 5.85. The first kappa shape index (κ1) is 16.7. The van der Waals surface area contributed by atoms with E-state index in [1.54, 1.807) is 25.1 Å². The van der Waals surface area contributed by atoms with Gasteiger partial charge in [0.05, 0.1) is 25.1 Å². The lowest BCUT2D eigenvalue weighted by Gasteiger charge is -2.15. The average molecular weight is 311 g/mol. The minimum absolute atomic E-state index is 0.104. The number of alkyl carbamates (subject to hydrolysis) is 1. The maximum Gasteiger partial charge on any atom is 0.413 e. The molecule has 0 bridgehead atoms. The third-order valence-corrected chi connectivity index (χ3v) is 2.33. The van der Waals surface area contributed by atoms with Crippen LogP contribution in [-0.4, -0.2) is 24.9 Å². The molecule has 1 rings (SSSR count). The smallest absolute Gasteiger partial charge is 0.413 e. The van der Waals surface area contributed by atoms with E-state index in [4.69, 9.17) is 22.0 Å². The van der Waals surface area contributed by atoms with Crippen LogP contribution in [0.4, 0.5) is 16.2 Å². The van der Waals surface area contributed by atoms with E-state index in [0.29, 0.717) is 18.0 Å². The van der Waals surface area contributed by atoms with Gasteiger partial charge in [0.25, 0.3) is 0 Å². The number of nitrogens with one attached hydrogen (secondary N) is 3. The minimum atomic E-state index is -0.651. The largest absolute Gasteiger partial charge is 0.453 e. The van der Waals surface area contributed by atoms with Crippen molar-refractivity contribution in [1.82, 2.24) is 5.32 Å². The number of para-hydroxylation sites is 2. The van der Waals surface area contributed by atoms with Crippen molar-refractivity contribution in [3.05, 3.63) is 36.7 Å². The molecule has 0 spiro atoms. The lowest BCUT2D eigenvalue weighted by molar-refractivity contribution is -0.255. The maximum atomic E-state index is 11.1. The van der Waals surface area contributed by atoms with E-state index in [2.05, 4.69) is 27.3 Å². The summed E-state index contributed by atoms with van der Waals surface area (Å²) < 4.78 is 4.45. The van der Waals surface area contributed by atoms with Crippen LogP contribution < -0.4 is 16.0 Å². The van der Waals surface area contributed by atoms with Crippen LogP contribution in [0.3, 0.4) is 0 Å². The first-order valence-electron chi connectivity index (χ1n) is 6.07. The fourth-order valence-corrected chi connectivity index (χ4v) is 1.49. The van der Waals surface area contributed by atoms with Crippen LogP contribution in [0, 0.1) is 0 Å². The predicted molar refractivity (Wildman–Crippen MR) is 83.7 cm³/mol. The van der Waals surface area contributed by atoms with Gasteiger partial charge in [0, 0.05) is 0 Å². The highest BCUT2D eigenvalue weighted by Gasteiger charge is 2.08. The van der Waals surface area contributed by atoms with Crippen LogP contribution in [0.1, 0.15) is 6.92 Å². The predicted octanol–water partition coefficient (Wildman–Crippen LogP) is 2.59. The molecule has 0 aromatic heterocycles. The quantitative estimate of drug-likeness (QED) is 0.322. The molecule has 1 aromatic carbocycles. The molecule has 1 aromatic rings. The van der Waals surface area contributed by atoms with Crippen LogP contribution in [0.25, 0.3) is 0 Å². The number of carbonyl (C=O) groups is 1. The highest BCUT2D eigenvalue weighted by atomic mass is 32.1. The first-order valence-corrected chi connectivity index (χ1v) is 6.48. The third-order valence-electron chi connectivity index (χ3n) is 2.13. The molecule has 1 amide bonds. The van der Waals surface area contributed by atoms with Crippen LogP contribution in [-0.2, 0) is 14.5 Å². The number of hydrogen-bond donors (Lipinski definition) is 3. The highest BCUT2D eigenvalue weighted by molar-refractivity contribution is 7.80. The molecule has 0 unspecified atom stereocenters. The zero-order valence-electron chi connectivity index (χ0n) is 11.8. The van der Waals surface area contributed by atoms with Crippen molar-refractivity contribution in [2.75, 3.05) is 24.4 Å². The molecule has 0 saturated heterocycles. The fourth-order valence-electron chi connectivity index (χ4n) is 1.30. The number of amides is 1. The monoisotopic (exact) mass is 311 g/mol. The number of benzene rings is 1. The number of rotatable bonds is 6. The fraction of sp³-hybridized carbons (Fsp3) is 0.231. The van der Waals surface area contributed by atoms with Gasteiger partial charge in [-0.25, -0.2) is 4.79 Å². The first-order chi connectivity index (χ1) is 10.1. The Morgan fingerprint density at radius 3 is 2.48 bits per heavy atom. The molecule has 0 fully saturated rings. The molecule has 0 aliphatic carbocycles. The number of carbonyl (C=O) groups excluding carboxylic acids is 1. The maximum absolute atomic E-state index is 11.1. The van der Waals surface area contributed by atoms with Crippen LogP contribution in [0.15, 0.2) is 36.7 Å². The van der Waals surface area contributed by atoms with Crippen molar-refractivity contribution in [3.63, 3.8) is 0 Å². The summed E-state index contributed by atoms with van der Waals surface area (Å²) >= 11 is 4.99. The Kier molecular flexibility index (Phi) is 6.99. The van der Waals surface area contributed by atoms with Crippen LogP contribution in [0.2, 0.25) is 0 Å². The molecule has 21 heavy (non-hydrogen) atoms. The molecule has 0 aliphatic rings. The van der Waals surface area contributed by atoms with Crippen molar-refractivity contribution < 1.29 is 19.3 Å². The van der Waals surface area contributed by atoms with Gasteiger partial charge in [0.2, 0.25) is 5.88 Å². The number of hydrogen-bond acceptors (Lipinski definition) is 6. The molecular weight excluding hydrogens is 294 g/mol. The van der Waals surface area contributed by atoms with E-state index in [0.717, 1.165) is 0 Å². The zero-order valence-corrected chi connectivity index (χ0v) is 12.6. The van der Waals surface area contributed by atoms with Gasteiger partial charge in [-0.05, 0) is 37.9 Å². The highest BCUT2D eigenvalue weighted by Crippen LogP contribution is 2.22. The molecule has 114 valence electrons.